The number of carbonyl (C=O) groups is 1. The van der Waals surface area contributed by atoms with Gasteiger partial charge in [-0.15, -0.1) is 0 Å². The van der Waals surface area contributed by atoms with Crippen LogP contribution in [0.5, 0.6) is 11.5 Å². The fourth-order valence-electron chi connectivity index (χ4n) is 3.36. The zero-order valence-corrected chi connectivity index (χ0v) is 21.5. The highest BCUT2D eigenvalue weighted by atomic mass is 35.5. The molecule has 1 aromatic heterocycles. The number of aliphatic imine (C=N–C) groups is 1. The Hall–Kier alpha value is -3.00. The number of halogens is 2. The summed E-state index contributed by atoms with van der Waals surface area (Å²) in [5.74, 6) is 1.07. The number of likely N-dealkylation sites (N-methyl/N-ethyl adjacent to an activating group) is 1. The van der Waals surface area contributed by atoms with E-state index in [9.17, 15) is 4.79 Å². The van der Waals surface area contributed by atoms with Crippen LogP contribution in [0.2, 0.25) is 10.2 Å². The van der Waals surface area contributed by atoms with E-state index in [4.69, 9.17) is 32.7 Å². The molecule has 1 amide bonds. The second-order valence-corrected chi connectivity index (χ2v) is 9.16. The molecule has 0 saturated carbocycles. The predicted octanol–water partition coefficient (Wildman–Crippen LogP) is 6.99. The van der Waals surface area contributed by atoms with Crippen LogP contribution in [0, 0.1) is 0 Å². The van der Waals surface area contributed by atoms with Crippen LogP contribution >= 0.6 is 35.0 Å². The molecular weight excluding hydrogens is 505 g/mol. The second kappa shape index (κ2) is 11.6. The molecule has 0 N–H and O–H groups in total. The van der Waals surface area contributed by atoms with Crippen molar-refractivity contribution < 1.29 is 14.3 Å². The number of carbonyl (C=O) groups excluding carboxylic acids is 1. The van der Waals surface area contributed by atoms with Crippen molar-refractivity contribution in [2.24, 2.45) is 4.99 Å². The SMILES string of the molecule is CCOc1cc(/C=C2\SC(=Nc3cccnc3Cl)N(CC)C2=O)ccc1OCc1ccccc1Cl. The minimum Gasteiger partial charge on any atom is -0.490 e. The number of ether oxygens (including phenoxy) is 2. The summed E-state index contributed by atoms with van der Waals surface area (Å²) in [6.07, 6.45) is 3.42. The maximum absolute atomic E-state index is 13.0. The van der Waals surface area contributed by atoms with Crippen molar-refractivity contribution >= 4 is 57.8 Å². The molecule has 9 heteroatoms. The fraction of sp³-hybridized carbons (Fsp3) is 0.192. The highest BCUT2D eigenvalue weighted by molar-refractivity contribution is 8.18. The number of pyridine rings is 1. The minimum absolute atomic E-state index is 0.117. The summed E-state index contributed by atoms with van der Waals surface area (Å²) in [4.78, 5) is 23.8. The van der Waals surface area contributed by atoms with Crippen LogP contribution in [0.3, 0.4) is 0 Å². The van der Waals surface area contributed by atoms with Gasteiger partial charge in [-0.05, 0) is 67.6 Å². The van der Waals surface area contributed by atoms with Crippen molar-refractivity contribution in [1.82, 2.24) is 9.88 Å². The third-order valence-electron chi connectivity index (χ3n) is 5.07. The smallest absolute Gasteiger partial charge is 0.266 e. The normalized spacial score (nSPS) is 15.8. The Labute approximate surface area is 218 Å². The molecule has 0 bridgehead atoms. The third-order valence-corrected chi connectivity index (χ3v) is 6.73. The molecule has 3 aromatic rings. The van der Waals surface area contributed by atoms with E-state index in [1.165, 1.54) is 11.8 Å². The molecule has 0 radical (unpaired) electrons. The van der Waals surface area contributed by atoms with Gasteiger partial charge in [-0.2, -0.15) is 0 Å². The average molecular weight is 528 g/mol. The molecule has 0 spiro atoms. The van der Waals surface area contributed by atoms with E-state index in [0.717, 1.165) is 11.1 Å². The van der Waals surface area contributed by atoms with Crippen LogP contribution < -0.4 is 9.47 Å². The first kappa shape index (κ1) is 25.1. The summed E-state index contributed by atoms with van der Waals surface area (Å²) in [7, 11) is 0. The molecule has 0 atom stereocenters. The van der Waals surface area contributed by atoms with Gasteiger partial charge in [0.1, 0.15) is 12.3 Å². The first-order chi connectivity index (χ1) is 17.0. The summed E-state index contributed by atoms with van der Waals surface area (Å²) in [6.45, 7) is 5.09. The average Bonchev–Trinajstić information content (AvgIpc) is 3.14. The van der Waals surface area contributed by atoms with E-state index >= 15 is 0 Å². The Kier molecular flexibility index (Phi) is 8.33. The molecule has 0 unspecified atom stereocenters. The van der Waals surface area contributed by atoms with Crippen LogP contribution in [0.25, 0.3) is 6.08 Å². The van der Waals surface area contributed by atoms with Crippen LogP contribution in [-0.4, -0.2) is 34.1 Å². The molecule has 4 rings (SSSR count). The van der Waals surface area contributed by atoms with Gasteiger partial charge in [-0.3, -0.25) is 9.69 Å². The molecule has 1 aliphatic heterocycles. The van der Waals surface area contributed by atoms with Crippen molar-refractivity contribution in [3.05, 3.63) is 87.0 Å². The van der Waals surface area contributed by atoms with Crippen LogP contribution in [0.4, 0.5) is 5.69 Å². The number of benzene rings is 2. The summed E-state index contributed by atoms with van der Waals surface area (Å²) < 4.78 is 11.8. The third kappa shape index (κ3) is 5.99. The maximum atomic E-state index is 13.0. The lowest BCUT2D eigenvalue weighted by Crippen LogP contribution is -2.28. The van der Waals surface area contributed by atoms with Crippen LogP contribution in [0.1, 0.15) is 25.0 Å². The molecule has 0 aliphatic carbocycles. The second-order valence-electron chi connectivity index (χ2n) is 7.39. The number of amides is 1. The fourth-order valence-corrected chi connectivity index (χ4v) is 4.77. The minimum atomic E-state index is -0.117. The summed E-state index contributed by atoms with van der Waals surface area (Å²) in [6, 6.07) is 16.6. The van der Waals surface area contributed by atoms with Crippen molar-refractivity contribution in [2.75, 3.05) is 13.2 Å². The van der Waals surface area contributed by atoms with Gasteiger partial charge in [0.15, 0.2) is 21.8 Å². The number of rotatable bonds is 8. The van der Waals surface area contributed by atoms with Crippen molar-refractivity contribution in [3.63, 3.8) is 0 Å². The Morgan fingerprint density at radius 3 is 2.63 bits per heavy atom. The predicted molar refractivity (Wildman–Crippen MR) is 143 cm³/mol. The van der Waals surface area contributed by atoms with Gasteiger partial charge < -0.3 is 9.47 Å². The lowest BCUT2D eigenvalue weighted by molar-refractivity contribution is -0.122. The van der Waals surface area contributed by atoms with Crippen LogP contribution in [-0.2, 0) is 11.4 Å². The van der Waals surface area contributed by atoms with Gasteiger partial charge in [0.2, 0.25) is 0 Å². The molecule has 2 aromatic carbocycles. The topological polar surface area (TPSA) is 64.0 Å². The summed E-state index contributed by atoms with van der Waals surface area (Å²) in [5.41, 5.74) is 2.21. The van der Waals surface area contributed by atoms with E-state index < -0.39 is 0 Å². The number of hydrogen-bond acceptors (Lipinski definition) is 6. The molecule has 2 heterocycles. The number of amidine groups is 1. The monoisotopic (exact) mass is 527 g/mol. The van der Waals surface area contributed by atoms with Gasteiger partial charge in [0.25, 0.3) is 5.91 Å². The molecule has 1 saturated heterocycles. The summed E-state index contributed by atoms with van der Waals surface area (Å²) in [5, 5.41) is 1.49. The van der Waals surface area contributed by atoms with Gasteiger partial charge in [0, 0.05) is 23.3 Å². The van der Waals surface area contributed by atoms with Crippen molar-refractivity contribution in [2.45, 2.75) is 20.5 Å². The van der Waals surface area contributed by atoms with Crippen molar-refractivity contribution in [3.8, 4) is 11.5 Å². The van der Waals surface area contributed by atoms with E-state index in [0.29, 0.717) is 52.0 Å². The molecule has 35 heavy (non-hydrogen) atoms. The first-order valence-corrected chi connectivity index (χ1v) is 12.6. The Balaban J connectivity index is 1.58. The van der Waals surface area contributed by atoms with Gasteiger partial charge in [-0.1, -0.05) is 47.5 Å². The van der Waals surface area contributed by atoms with Gasteiger partial charge >= 0.3 is 0 Å². The zero-order valence-electron chi connectivity index (χ0n) is 19.2. The largest absolute Gasteiger partial charge is 0.490 e. The van der Waals surface area contributed by atoms with Gasteiger partial charge in [0.05, 0.1) is 11.5 Å². The first-order valence-electron chi connectivity index (χ1n) is 11.0. The molecule has 6 nitrogen and oxygen atoms in total. The Bertz CT molecular complexity index is 1300. The number of aromatic nitrogens is 1. The highest BCUT2D eigenvalue weighted by Crippen LogP contribution is 2.37. The standard InChI is InChI=1S/C26H23Cl2N3O3S/c1-3-31-25(32)23(35-26(31)30-20-10-7-13-29-24(20)28)15-17-11-12-21(22(14-17)33-4-2)34-16-18-8-5-6-9-19(18)27/h5-15H,3-4,16H2,1-2H3/b23-15-,30-26?. The van der Waals surface area contributed by atoms with Crippen molar-refractivity contribution in [1.29, 1.82) is 0 Å². The molecule has 1 aliphatic rings. The number of thioether (sulfide) groups is 1. The Morgan fingerprint density at radius 2 is 1.89 bits per heavy atom. The quantitative estimate of drug-likeness (QED) is 0.233. The number of nitrogens with zero attached hydrogens (tertiary/aromatic N) is 3. The zero-order chi connectivity index (χ0) is 24.8. The van der Waals surface area contributed by atoms with Crippen LogP contribution in [0.15, 0.2) is 70.7 Å². The van der Waals surface area contributed by atoms with E-state index in [-0.39, 0.29) is 11.1 Å². The lowest BCUT2D eigenvalue weighted by atomic mass is 10.1. The molecule has 180 valence electrons. The Morgan fingerprint density at radius 1 is 1.06 bits per heavy atom. The van der Waals surface area contributed by atoms with Gasteiger partial charge in [-0.25, -0.2) is 9.98 Å². The lowest BCUT2D eigenvalue weighted by Gasteiger charge is -2.13. The summed E-state index contributed by atoms with van der Waals surface area (Å²) >= 11 is 13.7. The molecular formula is C26H23Cl2N3O3S. The maximum Gasteiger partial charge on any atom is 0.266 e. The molecule has 1 fully saturated rings. The number of hydrogen-bond donors (Lipinski definition) is 0. The van der Waals surface area contributed by atoms with E-state index in [1.54, 1.807) is 23.2 Å². The highest BCUT2D eigenvalue weighted by Gasteiger charge is 2.32. The van der Waals surface area contributed by atoms with E-state index in [1.807, 2.05) is 62.4 Å². The van der Waals surface area contributed by atoms with E-state index in [2.05, 4.69) is 9.98 Å².